The third kappa shape index (κ3) is 5.02. The number of nitrogens with one attached hydrogen (secondary N) is 1. The van der Waals surface area contributed by atoms with E-state index in [-0.39, 0.29) is 17.1 Å². The molecule has 0 aliphatic carbocycles. The van der Waals surface area contributed by atoms with E-state index in [0.717, 1.165) is 0 Å². The van der Waals surface area contributed by atoms with Crippen LogP contribution in [0.1, 0.15) is 5.56 Å². The Balaban J connectivity index is 1.89. The Hall–Kier alpha value is -1.96. The van der Waals surface area contributed by atoms with Gasteiger partial charge in [-0.3, -0.25) is 4.79 Å². The molecule has 0 aromatic heterocycles. The van der Waals surface area contributed by atoms with Crippen molar-refractivity contribution in [1.82, 2.24) is 4.72 Å². The highest BCUT2D eigenvalue weighted by Gasteiger charge is 2.16. The van der Waals surface area contributed by atoms with E-state index in [1.54, 1.807) is 6.07 Å². The maximum Gasteiger partial charge on any atom is 0.321 e. The summed E-state index contributed by atoms with van der Waals surface area (Å²) in [5.74, 6) is -1.31. The number of carbonyl (C=O) groups is 1. The molecule has 0 fully saturated rings. The summed E-state index contributed by atoms with van der Waals surface area (Å²) in [6, 6.07) is 11.3. The first kappa shape index (κ1) is 17.4. The lowest BCUT2D eigenvalue weighted by Gasteiger charge is -2.08. The molecule has 0 heterocycles. The number of ether oxygens (including phenoxy) is 1. The van der Waals surface area contributed by atoms with Gasteiger partial charge < -0.3 is 4.74 Å². The molecular formula is C15H13ClFNO4S. The Morgan fingerprint density at radius 3 is 2.43 bits per heavy atom. The number of halogens is 2. The smallest absolute Gasteiger partial charge is 0.321 e. The van der Waals surface area contributed by atoms with Gasteiger partial charge in [0.2, 0.25) is 10.0 Å². The Labute approximate surface area is 138 Å². The number of sulfonamides is 1. The molecule has 0 aliphatic rings. The van der Waals surface area contributed by atoms with Gasteiger partial charge in [-0.1, -0.05) is 29.8 Å². The number of hydrogen-bond donors (Lipinski definition) is 1. The molecule has 8 heteroatoms. The van der Waals surface area contributed by atoms with Crippen molar-refractivity contribution in [1.29, 1.82) is 0 Å². The minimum absolute atomic E-state index is 0.0243. The molecule has 0 saturated carbocycles. The van der Waals surface area contributed by atoms with Crippen molar-refractivity contribution in [3.63, 3.8) is 0 Å². The van der Waals surface area contributed by atoms with E-state index >= 15 is 0 Å². The zero-order valence-electron chi connectivity index (χ0n) is 11.8. The summed E-state index contributed by atoms with van der Waals surface area (Å²) in [7, 11) is -3.85. The summed E-state index contributed by atoms with van der Waals surface area (Å²) in [6.45, 7) is -0.826. The molecule has 2 aromatic rings. The van der Waals surface area contributed by atoms with Gasteiger partial charge in [-0.15, -0.1) is 0 Å². The molecule has 0 aliphatic heterocycles. The van der Waals surface area contributed by atoms with E-state index < -0.39 is 28.4 Å². The van der Waals surface area contributed by atoms with Crippen LogP contribution >= 0.6 is 11.6 Å². The van der Waals surface area contributed by atoms with Crippen LogP contribution in [-0.2, 0) is 26.2 Å². The van der Waals surface area contributed by atoms with Crippen molar-refractivity contribution in [2.45, 2.75) is 11.5 Å². The van der Waals surface area contributed by atoms with Gasteiger partial charge in [-0.2, -0.15) is 4.72 Å². The normalized spacial score (nSPS) is 11.2. The van der Waals surface area contributed by atoms with E-state index in [0.29, 0.717) is 5.02 Å². The lowest BCUT2D eigenvalue weighted by atomic mass is 10.2. The largest absolute Gasteiger partial charge is 0.460 e. The Morgan fingerprint density at radius 2 is 1.78 bits per heavy atom. The van der Waals surface area contributed by atoms with Gasteiger partial charge in [0.1, 0.15) is 19.0 Å². The Morgan fingerprint density at radius 1 is 1.13 bits per heavy atom. The fourth-order valence-corrected chi connectivity index (χ4v) is 2.77. The van der Waals surface area contributed by atoms with E-state index in [4.69, 9.17) is 16.3 Å². The third-order valence-corrected chi connectivity index (χ3v) is 4.55. The number of carbonyl (C=O) groups excluding carboxylic acids is 1. The minimum atomic E-state index is -3.85. The first-order valence-electron chi connectivity index (χ1n) is 6.53. The number of esters is 1. The predicted molar refractivity (Wildman–Crippen MR) is 82.8 cm³/mol. The maximum absolute atomic E-state index is 13.4. The average molecular weight is 358 g/mol. The average Bonchev–Trinajstić information content (AvgIpc) is 2.53. The lowest BCUT2D eigenvalue weighted by molar-refractivity contribution is -0.143. The highest BCUT2D eigenvalue weighted by atomic mass is 35.5. The summed E-state index contributed by atoms with van der Waals surface area (Å²) < 4.78 is 44.2. The monoisotopic (exact) mass is 357 g/mol. The van der Waals surface area contributed by atoms with Gasteiger partial charge >= 0.3 is 5.97 Å². The van der Waals surface area contributed by atoms with Crippen LogP contribution in [0.2, 0.25) is 5.02 Å². The van der Waals surface area contributed by atoms with E-state index in [1.807, 2.05) is 0 Å². The van der Waals surface area contributed by atoms with Crippen LogP contribution in [0.25, 0.3) is 0 Å². The van der Waals surface area contributed by atoms with Crippen LogP contribution in [0.5, 0.6) is 0 Å². The van der Waals surface area contributed by atoms with Crippen LogP contribution in [0.3, 0.4) is 0 Å². The molecule has 23 heavy (non-hydrogen) atoms. The first-order chi connectivity index (χ1) is 10.9. The number of rotatable bonds is 6. The summed E-state index contributed by atoms with van der Waals surface area (Å²) in [5.41, 5.74) is 0.210. The molecule has 2 aromatic carbocycles. The van der Waals surface area contributed by atoms with Gasteiger partial charge in [0.25, 0.3) is 0 Å². The van der Waals surface area contributed by atoms with E-state index in [9.17, 15) is 17.6 Å². The zero-order chi connectivity index (χ0) is 16.9. The zero-order valence-corrected chi connectivity index (χ0v) is 13.4. The van der Waals surface area contributed by atoms with Crippen molar-refractivity contribution < 1.29 is 22.3 Å². The summed E-state index contributed by atoms with van der Waals surface area (Å²) >= 11 is 5.68. The second-order valence-corrected chi connectivity index (χ2v) is 6.73. The highest BCUT2D eigenvalue weighted by Crippen LogP contribution is 2.13. The van der Waals surface area contributed by atoms with Gasteiger partial charge in [0.15, 0.2) is 0 Å². The van der Waals surface area contributed by atoms with Gasteiger partial charge in [-0.25, -0.2) is 12.8 Å². The van der Waals surface area contributed by atoms with Crippen LogP contribution in [0, 0.1) is 5.82 Å². The topological polar surface area (TPSA) is 72.5 Å². The first-order valence-corrected chi connectivity index (χ1v) is 8.39. The highest BCUT2D eigenvalue weighted by molar-refractivity contribution is 7.89. The van der Waals surface area contributed by atoms with Crippen LogP contribution in [-0.4, -0.2) is 20.9 Å². The van der Waals surface area contributed by atoms with E-state index in [1.165, 1.54) is 42.5 Å². The maximum atomic E-state index is 13.4. The molecular weight excluding hydrogens is 345 g/mol. The second-order valence-electron chi connectivity index (χ2n) is 4.53. The molecule has 122 valence electrons. The van der Waals surface area contributed by atoms with Crippen LogP contribution < -0.4 is 4.72 Å². The molecule has 0 radical (unpaired) electrons. The molecule has 0 amide bonds. The molecule has 0 bridgehead atoms. The van der Waals surface area contributed by atoms with Crippen molar-refractivity contribution in [2.24, 2.45) is 0 Å². The number of hydrogen-bond acceptors (Lipinski definition) is 4. The van der Waals surface area contributed by atoms with E-state index in [2.05, 4.69) is 4.72 Å². The van der Waals surface area contributed by atoms with Crippen LogP contribution in [0.4, 0.5) is 4.39 Å². The minimum Gasteiger partial charge on any atom is -0.460 e. The molecule has 2 rings (SSSR count). The number of benzene rings is 2. The Bertz CT molecular complexity index is 793. The molecule has 0 spiro atoms. The SMILES string of the molecule is O=C(CNS(=O)(=O)c1ccc(Cl)cc1)OCc1ccccc1F. The van der Waals surface area contributed by atoms with Crippen LogP contribution in [0.15, 0.2) is 53.4 Å². The molecule has 0 saturated heterocycles. The molecule has 5 nitrogen and oxygen atoms in total. The Kier molecular flexibility index (Phi) is 5.70. The fraction of sp³-hybridized carbons (Fsp3) is 0.133. The summed E-state index contributed by atoms with van der Waals surface area (Å²) in [6.07, 6.45) is 0. The fourth-order valence-electron chi connectivity index (χ4n) is 1.68. The quantitative estimate of drug-likeness (QED) is 0.806. The van der Waals surface area contributed by atoms with Crippen molar-refractivity contribution in [3.05, 3.63) is 64.9 Å². The summed E-state index contributed by atoms with van der Waals surface area (Å²) in [5, 5.41) is 0.397. The lowest BCUT2D eigenvalue weighted by Crippen LogP contribution is -2.30. The van der Waals surface area contributed by atoms with Crippen molar-refractivity contribution >= 4 is 27.6 Å². The van der Waals surface area contributed by atoms with Crippen molar-refractivity contribution in [3.8, 4) is 0 Å². The third-order valence-electron chi connectivity index (χ3n) is 2.88. The molecule has 0 atom stereocenters. The summed E-state index contributed by atoms with van der Waals surface area (Å²) in [4.78, 5) is 11.5. The molecule has 0 unspecified atom stereocenters. The van der Waals surface area contributed by atoms with Gasteiger partial charge in [0, 0.05) is 10.6 Å². The predicted octanol–water partition coefficient (Wildman–Crippen LogP) is 2.50. The second kappa shape index (κ2) is 7.54. The standard InChI is InChI=1S/C15H13ClFNO4S/c16-12-5-7-13(8-6-12)23(20,21)18-9-15(19)22-10-11-3-1-2-4-14(11)17/h1-8,18H,9-10H2. The van der Waals surface area contributed by atoms with Gasteiger partial charge in [0.05, 0.1) is 4.90 Å². The van der Waals surface area contributed by atoms with Gasteiger partial charge in [-0.05, 0) is 30.3 Å². The molecule has 1 N–H and O–H groups in total. The van der Waals surface area contributed by atoms with Crippen molar-refractivity contribution in [2.75, 3.05) is 6.54 Å².